The van der Waals surface area contributed by atoms with Gasteiger partial charge in [-0.1, -0.05) is 18.0 Å². The Morgan fingerprint density at radius 3 is 2.80 bits per heavy atom. The van der Waals surface area contributed by atoms with Gasteiger partial charge < -0.3 is 11.1 Å². The Labute approximate surface area is 153 Å². The molecule has 1 aromatic rings. The molecule has 1 amide bonds. The van der Waals surface area contributed by atoms with E-state index in [4.69, 9.17) is 17.3 Å². The number of carbonyl (C=O) groups is 1. The molecule has 0 saturated heterocycles. The predicted octanol–water partition coefficient (Wildman–Crippen LogP) is 2.49. The average Bonchev–Trinajstić information content (AvgIpc) is 2.50. The van der Waals surface area contributed by atoms with E-state index in [1.807, 2.05) is 0 Å². The molecule has 25 heavy (non-hydrogen) atoms. The molecule has 6 nitrogen and oxygen atoms in total. The van der Waals surface area contributed by atoms with Gasteiger partial charge in [-0.2, -0.15) is 0 Å². The van der Waals surface area contributed by atoms with Crippen molar-refractivity contribution in [1.29, 1.82) is 0 Å². The number of carbonyl (C=O) groups excluding carboxylic acids is 1. The molecule has 138 valence electrons. The van der Waals surface area contributed by atoms with Crippen LogP contribution < -0.4 is 15.8 Å². The van der Waals surface area contributed by atoms with Crippen LogP contribution in [0.5, 0.6) is 0 Å². The van der Waals surface area contributed by atoms with Gasteiger partial charge in [0.05, 0.1) is 17.5 Å². The second-order valence-corrected chi connectivity index (χ2v) is 9.54. The van der Waals surface area contributed by atoms with E-state index in [2.05, 4.69) is 10.0 Å². The van der Waals surface area contributed by atoms with Crippen LogP contribution in [0.4, 0.5) is 5.69 Å². The van der Waals surface area contributed by atoms with Crippen molar-refractivity contribution in [3.8, 4) is 0 Å². The lowest BCUT2D eigenvalue weighted by Gasteiger charge is -2.48. The number of rotatable bonds is 4. The first kappa shape index (κ1) is 18.5. The molecule has 3 unspecified atom stereocenters. The molecule has 0 radical (unpaired) electrons. The van der Waals surface area contributed by atoms with Gasteiger partial charge in [0, 0.05) is 16.6 Å². The zero-order chi connectivity index (χ0) is 18.2. The van der Waals surface area contributed by atoms with Crippen molar-refractivity contribution in [1.82, 2.24) is 5.32 Å². The van der Waals surface area contributed by atoms with Crippen LogP contribution in [-0.4, -0.2) is 32.2 Å². The molecule has 4 N–H and O–H groups in total. The van der Waals surface area contributed by atoms with E-state index in [1.165, 1.54) is 6.07 Å². The lowest BCUT2D eigenvalue weighted by atomic mass is 9.65. The van der Waals surface area contributed by atoms with Crippen LogP contribution in [0, 0.1) is 5.92 Å². The number of anilines is 1. The van der Waals surface area contributed by atoms with Crippen LogP contribution in [0.1, 0.15) is 48.9 Å². The highest BCUT2D eigenvalue weighted by atomic mass is 35.5. The summed E-state index contributed by atoms with van der Waals surface area (Å²) in [6.45, 7) is 0. The van der Waals surface area contributed by atoms with Gasteiger partial charge in [0.25, 0.3) is 5.91 Å². The number of sulfonamides is 1. The Bertz CT molecular complexity index is 783. The summed E-state index contributed by atoms with van der Waals surface area (Å²) in [5.41, 5.74) is 6.43. The van der Waals surface area contributed by atoms with Gasteiger partial charge in [0.2, 0.25) is 10.0 Å². The van der Waals surface area contributed by atoms with Crippen LogP contribution in [0.3, 0.4) is 0 Å². The minimum Gasteiger partial charge on any atom is -0.347 e. The standard InChI is InChI=1S/C17H24ClN3O3S/c1-25(23,24)21-15-9-12(18)4-5-13(15)16(22)20-17-7-2-3-11(10-17)14(19)6-8-17/h4-5,9,11,14,21H,2-3,6-8,10,19H2,1H3,(H,20,22). The van der Waals surface area contributed by atoms with Gasteiger partial charge in [0.15, 0.2) is 0 Å². The van der Waals surface area contributed by atoms with Crippen molar-refractivity contribution in [2.75, 3.05) is 11.0 Å². The van der Waals surface area contributed by atoms with Crippen molar-refractivity contribution in [2.45, 2.75) is 50.1 Å². The fourth-order valence-corrected chi connectivity index (χ4v) is 4.90. The molecule has 2 saturated carbocycles. The van der Waals surface area contributed by atoms with E-state index in [0.717, 1.165) is 44.8 Å². The zero-order valence-corrected chi connectivity index (χ0v) is 15.8. The summed E-state index contributed by atoms with van der Waals surface area (Å²) in [5.74, 6) is 0.167. The Morgan fingerprint density at radius 2 is 2.08 bits per heavy atom. The number of fused-ring (bicyclic) bond motifs is 2. The number of amides is 1. The minimum atomic E-state index is -3.51. The van der Waals surface area contributed by atoms with Crippen molar-refractivity contribution in [3.05, 3.63) is 28.8 Å². The third kappa shape index (κ3) is 4.27. The van der Waals surface area contributed by atoms with Crippen molar-refractivity contribution < 1.29 is 13.2 Å². The monoisotopic (exact) mass is 385 g/mol. The second-order valence-electron chi connectivity index (χ2n) is 7.36. The van der Waals surface area contributed by atoms with Crippen LogP contribution in [-0.2, 0) is 10.0 Å². The van der Waals surface area contributed by atoms with Gasteiger partial charge in [0.1, 0.15) is 0 Å². The molecule has 3 rings (SSSR count). The third-order valence-electron chi connectivity index (χ3n) is 5.35. The fraction of sp³-hybridized carbons (Fsp3) is 0.588. The van der Waals surface area contributed by atoms with E-state index in [1.54, 1.807) is 12.1 Å². The predicted molar refractivity (Wildman–Crippen MR) is 99.3 cm³/mol. The normalized spacial score (nSPS) is 29.1. The quantitative estimate of drug-likeness (QED) is 0.741. The van der Waals surface area contributed by atoms with Crippen LogP contribution in [0.25, 0.3) is 0 Å². The maximum atomic E-state index is 12.9. The maximum Gasteiger partial charge on any atom is 0.253 e. The molecule has 0 spiro atoms. The SMILES string of the molecule is CS(=O)(=O)Nc1cc(Cl)ccc1C(=O)NC12CCCC(C1)C(N)CC2. The number of nitrogens with one attached hydrogen (secondary N) is 2. The highest BCUT2D eigenvalue weighted by molar-refractivity contribution is 7.92. The number of halogens is 1. The number of benzene rings is 1. The Balaban J connectivity index is 1.84. The molecule has 1 aromatic carbocycles. The fourth-order valence-electron chi connectivity index (χ4n) is 4.16. The molecule has 8 heteroatoms. The lowest BCUT2D eigenvalue weighted by molar-refractivity contribution is 0.0705. The first-order chi connectivity index (χ1) is 11.7. The number of hydrogen-bond donors (Lipinski definition) is 3. The Hall–Kier alpha value is -1.31. The van der Waals surface area contributed by atoms with Crippen LogP contribution in [0.15, 0.2) is 18.2 Å². The van der Waals surface area contributed by atoms with E-state index in [-0.39, 0.29) is 28.7 Å². The van der Waals surface area contributed by atoms with Gasteiger partial charge >= 0.3 is 0 Å². The minimum absolute atomic E-state index is 0.198. The molecule has 3 atom stereocenters. The first-order valence-corrected chi connectivity index (χ1v) is 10.8. The van der Waals surface area contributed by atoms with Crippen molar-refractivity contribution in [3.63, 3.8) is 0 Å². The summed E-state index contributed by atoms with van der Waals surface area (Å²) in [6.07, 6.45) is 6.79. The van der Waals surface area contributed by atoms with Crippen molar-refractivity contribution in [2.24, 2.45) is 11.7 Å². The highest BCUT2D eigenvalue weighted by Crippen LogP contribution is 2.42. The lowest BCUT2D eigenvalue weighted by Crippen LogP contribution is -2.57. The molecule has 0 heterocycles. The van der Waals surface area contributed by atoms with Gasteiger partial charge in [-0.25, -0.2) is 8.42 Å². The molecule has 2 bridgehead atoms. The summed E-state index contributed by atoms with van der Waals surface area (Å²) < 4.78 is 25.5. The number of nitrogens with two attached hydrogens (primary N) is 1. The first-order valence-electron chi connectivity index (χ1n) is 8.53. The largest absolute Gasteiger partial charge is 0.347 e. The van der Waals surface area contributed by atoms with Gasteiger partial charge in [-0.15, -0.1) is 0 Å². The van der Waals surface area contributed by atoms with Crippen molar-refractivity contribution >= 4 is 33.2 Å². The smallest absolute Gasteiger partial charge is 0.253 e. The topological polar surface area (TPSA) is 101 Å². The summed E-state index contributed by atoms with van der Waals surface area (Å²) in [6, 6.07) is 4.80. The molecule has 2 aliphatic carbocycles. The molecule has 2 fully saturated rings. The second kappa shape index (κ2) is 6.78. The van der Waals surface area contributed by atoms with E-state index in [9.17, 15) is 13.2 Å². The zero-order valence-electron chi connectivity index (χ0n) is 14.2. The average molecular weight is 386 g/mol. The highest BCUT2D eigenvalue weighted by Gasteiger charge is 2.43. The Morgan fingerprint density at radius 1 is 1.32 bits per heavy atom. The van der Waals surface area contributed by atoms with E-state index < -0.39 is 10.0 Å². The molecular formula is C17H24ClN3O3S. The molecule has 0 aromatic heterocycles. The van der Waals surface area contributed by atoms with Gasteiger partial charge in [-0.05, 0) is 56.2 Å². The van der Waals surface area contributed by atoms with Crippen LogP contribution >= 0.6 is 11.6 Å². The summed E-state index contributed by atoms with van der Waals surface area (Å²) in [4.78, 5) is 12.9. The number of hydrogen-bond acceptors (Lipinski definition) is 4. The molecule has 0 aliphatic heterocycles. The van der Waals surface area contributed by atoms with Crippen LogP contribution in [0.2, 0.25) is 5.02 Å². The van der Waals surface area contributed by atoms with Gasteiger partial charge in [-0.3, -0.25) is 9.52 Å². The molecule has 2 aliphatic rings. The molecular weight excluding hydrogens is 362 g/mol. The maximum absolute atomic E-state index is 12.9. The summed E-state index contributed by atoms with van der Waals surface area (Å²) in [7, 11) is -3.51. The van der Waals surface area contributed by atoms with E-state index >= 15 is 0 Å². The van der Waals surface area contributed by atoms with E-state index in [0.29, 0.717) is 10.9 Å². The third-order valence-corrected chi connectivity index (χ3v) is 6.17. The Kier molecular flexibility index (Phi) is 5.01. The summed E-state index contributed by atoms with van der Waals surface area (Å²) >= 11 is 5.96. The summed E-state index contributed by atoms with van der Waals surface area (Å²) in [5, 5.41) is 3.54.